The SMILES string of the molecule is CCOC(=O)Nc1cccc(-c2c(C#N)c3ccc(OCCCN4CCCC4)cc3n2CC)c1.CCOC(=O)Nc1cccc(-c2c(C#N)c3ccc(OCCCn4ccnn4)cc3n2CC)c1. The normalized spacial score (nSPS) is 12.2. The van der Waals surface area contributed by atoms with Crippen LogP contribution in [0.3, 0.4) is 0 Å². The van der Waals surface area contributed by atoms with E-state index >= 15 is 0 Å². The Balaban J connectivity index is 0.000000201. The van der Waals surface area contributed by atoms with Gasteiger partial charge >= 0.3 is 12.2 Å². The lowest BCUT2D eigenvalue weighted by Gasteiger charge is -2.14. The lowest BCUT2D eigenvalue weighted by molar-refractivity contribution is 0.167. The summed E-state index contributed by atoms with van der Waals surface area (Å²) >= 11 is 0. The number of nitrogens with one attached hydrogen (secondary N) is 2. The smallest absolute Gasteiger partial charge is 0.411 e. The number of hydrogen-bond donors (Lipinski definition) is 2. The molecule has 16 nitrogen and oxygen atoms in total. The second-order valence-electron chi connectivity index (χ2n) is 16.0. The van der Waals surface area contributed by atoms with Gasteiger partial charge in [0.15, 0.2) is 0 Å². The number of nitriles is 2. The van der Waals surface area contributed by atoms with Crippen LogP contribution in [0.5, 0.6) is 11.5 Å². The number of hydrogen-bond acceptors (Lipinski definition) is 11. The molecule has 2 amide bonds. The molecule has 1 aliphatic rings. The van der Waals surface area contributed by atoms with Crippen molar-refractivity contribution in [1.82, 2.24) is 29.0 Å². The molecule has 68 heavy (non-hydrogen) atoms. The summed E-state index contributed by atoms with van der Waals surface area (Å²) < 4.78 is 28.0. The molecule has 16 heteroatoms. The van der Waals surface area contributed by atoms with Crippen LogP contribution < -0.4 is 20.1 Å². The lowest BCUT2D eigenvalue weighted by atomic mass is 10.1. The van der Waals surface area contributed by atoms with Crippen molar-refractivity contribution in [3.05, 3.63) is 108 Å². The minimum Gasteiger partial charge on any atom is -0.493 e. The summed E-state index contributed by atoms with van der Waals surface area (Å²) in [5.74, 6) is 1.56. The van der Waals surface area contributed by atoms with E-state index in [1.165, 1.54) is 25.9 Å². The number of ether oxygens (including phenoxy) is 4. The van der Waals surface area contributed by atoms with Crippen molar-refractivity contribution in [1.29, 1.82) is 10.5 Å². The Morgan fingerprint density at radius 1 is 0.662 bits per heavy atom. The Hall–Kier alpha value is -7.82. The summed E-state index contributed by atoms with van der Waals surface area (Å²) in [4.78, 5) is 26.2. The monoisotopic (exact) mass is 918 g/mol. The van der Waals surface area contributed by atoms with Crippen LogP contribution >= 0.6 is 0 Å². The van der Waals surface area contributed by atoms with Gasteiger partial charge in [0.25, 0.3) is 0 Å². The number of fused-ring (bicyclic) bond motifs is 2. The van der Waals surface area contributed by atoms with E-state index in [0.29, 0.717) is 62.0 Å². The molecule has 0 atom stereocenters. The third-order valence-corrected chi connectivity index (χ3v) is 11.6. The van der Waals surface area contributed by atoms with Crippen LogP contribution in [0.1, 0.15) is 64.5 Å². The van der Waals surface area contributed by atoms with Gasteiger partial charge < -0.3 is 33.0 Å². The predicted molar refractivity (Wildman–Crippen MR) is 263 cm³/mol. The maximum Gasteiger partial charge on any atom is 0.411 e. The van der Waals surface area contributed by atoms with Crippen molar-refractivity contribution < 1.29 is 28.5 Å². The van der Waals surface area contributed by atoms with Crippen molar-refractivity contribution in [3.8, 4) is 46.2 Å². The van der Waals surface area contributed by atoms with Crippen molar-refractivity contribution in [2.45, 2.75) is 73.0 Å². The first-order chi connectivity index (χ1) is 33.3. The van der Waals surface area contributed by atoms with E-state index in [-0.39, 0.29) is 0 Å². The van der Waals surface area contributed by atoms with E-state index in [4.69, 9.17) is 18.9 Å². The molecule has 0 unspecified atom stereocenters. The quantitative estimate of drug-likeness (QED) is 0.0780. The number of carbonyl (C=O) groups is 2. The molecular formula is C52H58N10O6. The first kappa shape index (κ1) is 48.1. The molecule has 2 N–H and O–H groups in total. The number of amides is 2. The number of anilines is 2. The van der Waals surface area contributed by atoms with Crippen LogP contribution in [0.2, 0.25) is 0 Å². The van der Waals surface area contributed by atoms with Gasteiger partial charge in [-0.1, -0.05) is 29.5 Å². The van der Waals surface area contributed by atoms with E-state index < -0.39 is 12.2 Å². The van der Waals surface area contributed by atoms with Gasteiger partial charge in [0.1, 0.15) is 23.6 Å². The van der Waals surface area contributed by atoms with Gasteiger partial charge in [-0.25, -0.2) is 9.59 Å². The number of benzene rings is 4. The van der Waals surface area contributed by atoms with Crippen molar-refractivity contribution in [2.24, 2.45) is 0 Å². The van der Waals surface area contributed by atoms with Crippen LogP contribution in [0.25, 0.3) is 44.3 Å². The van der Waals surface area contributed by atoms with Gasteiger partial charge in [0.05, 0.1) is 66.2 Å². The fourth-order valence-electron chi connectivity index (χ4n) is 8.63. The van der Waals surface area contributed by atoms with Crippen LogP contribution in [-0.2, 0) is 29.1 Å². The molecule has 0 aliphatic carbocycles. The standard InChI is InChI=1S/C27H32N4O3.C25H26N6O3/c1-3-31-25-18-22(34-16-8-15-30-13-5-6-14-30)11-12-23(25)24(19-28)26(31)20-9-7-10-21(17-20)29-27(32)33-4-2;1-3-31-23-16-20(34-14-6-12-30-13-11-27-29-30)9-10-21(23)22(17-26)24(31)18-7-5-8-19(15-18)28-25(32)33-4-2/h7,9-12,17-18H,3-6,8,13-16H2,1-2H3,(H,29,32);5,7-11,13,15-16H,3-4,6,12,14H2,1-2H3,(H,28,32). The number of nitrogens with zero attached hydrogens (tertiary/aromatic N) is 8. The lowest BCUT2D eigenvalue weighted by Crippen LogP contribution is -2.21. The van der Waals surface area contributed by atoms with Crippen molar-refractivity contribution in [2.75, 3.05) is 56.7 Å². The molecule has 4 aromatic carbocycles. The Bertz CT molecular complexity index is 2900. The highest BCUT2D eigenvalue weighted by Crippen LogP contribution is 2.38. The predicted octanol–water partition coefficient (Wildman–Crippen LogP) is 10.5. The first-order valence-electron chi connectivity index (χ1n) is 23.3. The van der Waals surface area contributed by atoms with Gasteiger partial charge in [-0.15, -0.1) is 5.10 Å². The largest absolute Gasteiger partial charge is 0.493 e. The average molecular weight is 919 g/mol. The molecule has 352 valence electrons. The molecule has 7 aromatic rings. The third kappa shape index (κ3) is 11.6. The summed E-state index contributed by atoms with van der Waals surface area (Å²) in [6.07, 6.45) is 6.87. The molecule has 1 aliphatic heterocycles. The summed E-state index contributed by atoms with van der Waals surface area (Å²) in [6.45, 7) is 15.0. The molecule has 4 heterocycles. The van der Waals surface area contributed by atoms with Crippen molar-refractivity contribution >= 4 is 45.4 Å². The Morgan fingerprint density at radius 2 is 1.16 bits per heavy atom. The van der Waals surface area contributed by atoms with Crippen molar-refractivity contribution in [3.63, 3.8) is 0 Å². The maximum absolute atomic E-state index is 11.9. The molecule has 8 rings (SSSR count). The van der Waals surface area contributed by atoms with Crippen LogP contribution in [0.15, 0.2) is 97.3 Å². The number of aryl methyl sites for hydroxylation is 3. The van der Waals surface area contributed by atoms with Gasteiger partial charge in [-0.2, -0.15) is 10.5 Å². The second-order valence-corrected chi connectivity index (χ2v) is 16.0. The summed E-state index contributed by atoms with van der Waals surface area (Å²) in [6, 6.07) is 31.4. The van der Waals surface area contributed by atoms with Gasteiger partial charge in [-0.3, -0.25) is 15.3 Å². The third-order valence-electron chi connectivity index (χ3n) is 11.6. The van der Waals surface area contributed by atoms with Gasteiger partial charge in [0, 0.05) is 84.2 Å². The topological polar surface area (TPSA) is 187 Å². The molecule has 0 spiro atoms. The van der Waals surface area contributed by atoms with E-state index in [1.807, 2.05) is 85.9 Å². The average Bonchev–Trinajstić information content (AvgIpc) is 4.18. The van der Waals surface area contributed by atoms with Gasteiger partial charge in [0.2, 0.25) is 0 Å². The van der Waals surface area contributed by atoms with E-state index in [0.717, 1.165) is 81.8 Å². The minimum absolute atomic E-state index is 0.291. The zero-order valence-corrected chi connectivity index (χ0v) is 39.2. The molecule has 3 aromatic heterocycles. The zero-order chi connectivity index (χ0) is 47.8. The summed E-state index contributed by atoms with van der Waals surface area (Å²) in [5, 5.41) is 35.0. The number of rotatable bonds is 18. The Labute approximate surface area is 396 Å². The van der Waals surface area contributed by atoms with Gasteiger partial charge in [-0.05, 0) is 109 Å². The van der Waals surface area contributed by atoms with Crippen LogP contribution in [0.4, 0.5) is 21.0 Å². The highest BCUT2D eigenvalue weighted by molar-refractivity contribution is 5.97. The fourth-order valence-corrected chi connectivity index (χ4v) is 8.63. The second kappa shape index (κ2) is 23.6. The number of aromatic nitrogens is 5. The van der Waals surface area contributed by atoms with E-state index in [9.17, 15) is 20.1 Å². The number of likely N-dealkylation sites (tertiary alicyclic amines) is 1. The Kier molecular flexibility index (Phi) is 16.7. The zero-order valence-electron chi connectivity index (χ0n) is 39.2. The molecule has 0 saturated carbocycles. The molecule has 1 fully saturated rings. The highest BCUT2D eigenvalue weighted by atomic mass is 16.6. The minimum atomic E-state index is -0.512. The maximum atomic E-state index is 11.9. The number of carbonyl (C=O) groups excluding carboxylic acids is 2. The highest BCUT2D eigenvalue weighted by Gasteiger charge is 2.21. The molecular weight excluding hydrogens is 861 g/mol. The molecule has 1 saturated heterocycles. The fraction of sp³-hybridized carbons (Fsp3) is 0.346. The van der Waals surface area contributed by atoms with E-state index in [2.05, 4.69) is 54.0 Å². The van der Waals surface area contributed by atoms with Crippen LogP contribution in [0, 0.1) is 22.7 Å². The first-order valence-corrected chi connectivity index (χ1v) is 23.3. The Morgan fingerprint density at radius 3 is 1.60 bits per heavy atom. The van der Waals surface area contributed by atoms with E-state index in [1.54, 1.807) is 36.9 Å². The molecule has 0 radical (unpaired) electrons. The van der Waals surface area contributed by atoms with Crippen LogP contribution in [-0.4, -0.2) is 87.3 Å². The summed E-state index contributed by atoms with van der Waals surface area (Å²) in [5.41, 5.74) is 7.64. The molecule has 0 bridgehead atoms. The summed E-state index contributed by atoms with van der Waals surface area (Å²) in [7, 11) is 0.